The van der Waals surface area contributed by atoms with Gasteiger partial charge in [0.05, 0.1) is 19.8 Å². The van der Waals surface area contributed by atoms with E-state index in [2.05, 4.69) is 15.4 Å². The van der Waals surface area contributed by atoms with E-state index in [1.807, 2.05) is 30.5 Å². The van der Waals surface area contributed by atoms with Crippen LogP contribution in [-0.2, 0) is 21.3 Å². The Morgan fingerprint density at radius 2 is 2.03 bits per heavy atom. The number of morpholine rings is 1. The molecule has 152 valence electrons. The number of hydrogen-bond donors (Lipinski definition) is 2. The molecule has 0 aliphatic carbocycles. The summed E-state index contributed by atoms with van der Waals surface area (Å²) in [5.41, 5.74) is 1.77. The lowest BCUT2D eigenvalue weighted by Crippen LogP contribution is -2.40. The minimum atomic E-state index is -3.65. The molecular weight excluding hydrogens is 394 g/mol. The van der Waals surface area contributed by atoms with Gasteiger partial charge in [0.25, 0.3) is 5.91 Å². The van der Waals surface area contributed by atoms with E-state index in [0.717, 1.165) is 5.56 Å². The summed E-state index contributed by atoms with van der Waals surface area (Å²) in [5, 5.41) is 6.96. The molecule has 0 spiro atoms. The molecule has 1 fully saturated rings. The highest BCUT2D eigenvalue weighted by Gasteiger charge is 2.28. The van der Waals surface area contributed by atoms with Crippen molar-refractivity contribution in [3.05, 3.63) is 66.2 Å². The highest BCUT2D eigenvalue weighted by Crippen LogP contribution is 2.19. The Bertz CT molecular complexity index is 1090. The van der Waals surface area contributed by atoms with Crippen LogP contribution in [0.1, 0.15) is 16.1 Å². The number of ether oxygens (including phenoxy) is 1. The Morgan fingerprint density at radius 1 is 1.21 bits per heavy atom. The van der Waals surface area contributed by atoms with Crippen molar-refractivity contribution in [2.45, 2.75) is 11.4 Å². The number of rotatable bonds is 6. The average Bonchev–Trinajstić information content (AvgIpc) is 3.41. The Morgan fingerprint density at radius 3 is 2.79 bits per heavy atom. The number of H-pyrrole nitrogens is 1. The van der Waals surface area contributed by atoms with Crippen LogP contribution in [0.15, 0.2) is 59.9 Å². The van der Waals surface area contributed by atoms with Crippen LogP contribution in [0.3, 0.4) is 0 Å². The molecule has 4 rings (SSSR count). The number of aromatic amines is 1. The maximum atomic E-state index is 12.7. The number of hydrogen-bond acceptors (Lipinski definition) is 5. The predicted octanol–water partition coefficient (Wildman–Crippen LogP) is 1.53. The molecule has 10 heteroatoms. The zero-order chi connectivity index (χ0) is 20.3. The van der Waals surface area contributed by atoms with Crippen molar-refractivity contribution in [1.29, 1.82) is 0 Å². The van der Waals surface area contributed by atoms with Crippen molar-refractivity contribution >= 4 is 21.6 Å². The normalized spacial score (nSPS) is 15.3. The molecular formula is C19H21N5O4S. The molecule has 3 aromatic rings. The Kier molecular flexibility index (Phi) is 5.47. The summed E-state index contributed by atoms with van der Waals surface area (Å²) >= 11 is 0. The van der Waals surface area contributed by atoms with Crippen molar-refractivity contribution in [3.63, 3.8) is 0 Å². The first-order valence-electron chi connectivity index (χ1n) is 9.16. The SMILES string of the molecule is O=C(Nc1cccc(Cn2cccn2)c1)c1cc(S(=O)(=O)N2CCOCC2)c[nH]1. The first kappa shape index (κ1) is 19.4. The van der Waals surface area contributed by atoms with Gasteiger partial charge in [-0.1, -0.05) is 12.1 Å². The zero-order valence-electron chi connectivity index (χ0n) is 15.6. The fourth-order valence-corrected chi connectivity index (χ4v) is 4.52. The summed E-state index contributed by atoms with van der Waals surface area (Å²) in [6.45, 7) is 1.93. The van der Waals surface area contributed by atoms with Crippen molar-refractivity contribution in [2.75, 3.05) is 31.6 Å². The first-order chi connectivity index (χ1) is 14.0. The molecule has 9 nitrogen and oxygen atoms in total. The number of anilines is 1. The van der Waals surface area contributed by atoms with Gasteiger partial charge >= 0.3 is 0 Å². The van der Waals surface area contributed by atoms with E-state index in [-0.39, 0.29) is 10.6 Å². The van der Waals surface area contributed by atoms with Gasteiger partial charge in [0.2, 0.25) is 10.0 Å². The lowest BCUT2D eigenvalue weighted by Gasteiger charge is -2.25. The Balaban J connectivity index is 1.45. The number of carbonyl (C=O) groups is 1. The van der Waals surface area contributed by atoms with E-state index in [1.54, 1.807) is 16.9 Å². The molecule has 1 amide bonds. The molecule has 1 aliphatic rings. The van der Waals surface area contributed by atoms with Crippen molar-refractivity contribution in [1.82, 2.24) is 19.1 Å². The van der Waals surface area contributed by atoms with E-state index in [4.69, 9.17) is 4.74 Å². The number of carbonyl (C=O) groups excluding carboxylic acids is 1. The van der Waals surface area contributed by atoms with Crippen molar-refractivity contribution in [3.8, 4) is 0 Å². The van der Waals surface area contributed by atoms with Crippen molar-refractivity contribution in [2.24, 2.45) is 0 Å². The van der Waals surface area contributed by atoms with Gasteiger partial charge in [0, 0.05) is 37.4 Å². The van der Waals surface area contributed by atoms with E-state index >= 15 is 0 Å². The molecule has 1 saturated heterocycles. The van der Waals surface area contributed by atoms with Crippen LogP contribution >= 0.6 is 0 Å². The molecule has 0 saturated carbocycles. The quantitative estimate of drug-likeness (QED) is 0.635. The molecule has 3 heterocycles. The molecule has 0 bridgehead atoms. The second kappa shape index (κ2) is 8.19. The number of aromatic nitrogens is 3. The van der Waals surface area contributed by atoms with Gasteiger partial charge in [-0.25, -0.2) is 8.42 Å². The minimum absolute atomic E-state index is 0.0667. The number of sulfonamides is 1. The van der Waals surface area contributed by atoms with Crippen LogP contribution in [0, 0.1) is 0 Å². The molecule has 2 N–H and O–H groups in total. The summed E-state index contributed by atoms with van der Waals surface area (Å²) in [4.78, 5) is 15.4. The topological polar surface area (TPSA) is 109 Å². The van der Waals surface area contributed by atoms with E-state index in [9.17, 15) is 13.2 Å². The maximum Gasteiger partial charge on any atom is 0.272 e. The molecule has 1 aliphatic heterocycles. The predicted molar refractivity (Wildman–Crippen MR) is 106 cm³/mol. The second-order valence-electron chi connectivity index (χ2n) is 6.62. The van der Waals surface area contributed by atoms with Gasteiger partial charge < -0.3 is 15.0 Å². The van der Waals surface area contributed by atoms with Crippen molar-refractivity contribution < 1.29 is 17.9 Å². The fraction of sp³-hybridized carbons (Fsp3) is 0.263. The molecule has 2 aromatic heterocycles. The summed E-state index contributed by atoms with van der Waals surface area (Å²) < 4.78 is 33.7. The number of nitrogens with zero attached hydrogens (tertiary/aromatic N) is 3. The summed E-state index contributed by atoms with van der Waals surface area (Å²) in [6.07, 6.45) is 4.91. The number of benzene rings is 1. The van der Waals surface area contributed by atoms with Gasteiger partial charge in [-0.15, -0.1) is 0 Å². The number of amides is 1. The lowest BCUT2D eigenvalue weighted by molar-refractivity contribution is 0.0730. The molecule has 0 unspecified atom stereocenters. The van der Waals surface area contributed by atoms with Crippen LogP contribution in [0.5, 0.6) is 0 Å². The lowest BCUT2D eigenvalue weighted by atomic mass is 10.2. The largest absolute Gasteiger partial charge is 0.379 e. The van der Waals surface area contributed by atoms with Gasteiger partial charge in [0.1, 0.15) is 10.6 Å². The van der Waals surface area contributed by atoms with Crippen LogP contribution in [0.4, 0.5) is 5.69 Å². The number of nitrogens with one attached hydrogen (secondary N) is 2. The van der Waals surface area contributed by atoms with E-state index in [1.165, 1.54) is 16.6 Å². The first-order valence-corrected chi connectivity index (χ1v) is 10.6. The highest BCUT2D eigenvalue weighted by atomic mass is 32.2. The second-order valence-corrected chi connectivity index (χ2v) is 8.56. The third-order valence-corrected chi connectivity index (χ3v) is 6.47. The Hall–Kier alpha value is -2.95. The standard InChI is InChI=1S/C19H21N5O4S/c25-19(22-16-4-1-3-15(11-16)14-23-6-2-5-21-23)18-12-17(13-20-18)29(26,27)24-7-9-28-10-8-24/h1-6,11-13,20H,7-10,14H2,(H,22,25). The summed E-state index contributed by atoms with van der Waals surface area (Å²) in [5.74, 6) is -0.412. The summed E-state index contributed by atoms with van der Waals surface area (Å²) in [6, 6.07) is 10.6. The van der Waals surface area contributed by atoms with E-state index in [0.29, 0.717) is 38.5 Å². The third kappa shape index (κ3) is 4.39. The van der Waals surface area contributed by atoms with Gasteiger partial charge in [-0.2, -0.15) is 9.40 Å². The molecule has 0 atom stereocenters. The van der Waals surface area contributed by atoms with E-state index < -0.39 is 15.9 Å². The van der Waals surface area contributed by atoms with Crippen LogP contribution in [0.2, 0.25) is 0 Å². The zero-order valence-corrected chi connectivity index (χ0v) is 16.4. The monoisotopic (exact) mass is 415 g/mol. The molecule has 0 radical (unpaired) electrons. The minimum Gasteiger partial charge on any atom is -0.379 e. The van der Waals surface area contributed by atoms with Gasteiger partial charge in [-0.05, 0) is 29.8 Å². The van der Waals surface area contributed by atoms with Gasteiger partial charge in [0.15, 0.2) is 0 Å². The highest BCUT2D eigenvalue weighted by molar-refractivity contribution is 7.89. The van der Waals surface area contributed by atoms with Gasteiger partial charge in [-0.3, -0.25) is 9.48 Å². The third-order valence-electron chi connectivity index (χ3n) is 4.60. The smallest absolute Gasteiger partial charge is 0.272 e. The summed E-state index contributed by atoms with van der Waals surface area (Å²) in [7, 11) is -3.65. The fourth-order valence-electron chi connectivity index (χ4n) is 3.12. The van der Waals surface area contributed by atoms with Crippen LogP contribution in [0.25, 0.3) is 0 Å². The Labute approximate surface area is 168 Å². The van der Waals surface area contributed by atoms with Crippen LogP contribution in [-0.4, -0.2) is 59.7 Å². The van der Waals surface area contributed by atoms with Crippen LogP contribution < -0.4 is 5.32 Å². The average molecular weight is 415 g/mol. The maximum absolute atomic E-state index is 12.7. The molecule has 29 heavy (non-hydrogen) atoms. The molecule has 1 aromatic carbocycles.